The van der Waals surface area contributed by atoms with E-state index in [1.165, 1.54) is 42.4 Å². The molecule has 4 aliphatic carbocycles. The van der Waals surface area contributed by atoms with Gasteiger partial charge in [-0.25, -0.2) is 0 Å². The topological polar surface area (TPSA) is 30.0 Å². The van der Waals surface area contributed by atoms with E-state index in [0.29, 0.717) is 30.0 Å². The molecular formula is C26H29NO. The van der Waals surface area contributed by atoms with Gasteiger partial charge in [0.05, 0.1) is 0 Å². The molecule has 5 rings (SSSR count). The number of ketones is 1. The van der Waals surface area contributed by atoms with Crippen LogP contribution in [0.25, 0.3) is 0 Å². The zero-order valence-electron chi connectivity index (χ0n) is 17.0. The highest BCUT2D eigenvalue weighted by Crippen LogP contribution is 2.65. The number of aromatic nitrogens is 1. The zero-order chi connectivity index (χ0) is 19.3. The SMILES string of the molecule is CC#C[C@@H]1CC[C@H]2[C@@H]3CCC4=CC(=O)CCC4=C3[C@H](c3ccncc3)C[C@]12C. The van der Waals surface area contributed by atoms with Crippen LogP contribution in [0.1, 0.15) is 70.3 Å². The van der Waals surface area contributed by atoms with E-state index < -0.39 is 0 Å². The van der Waals surface area contributed by atoms with Gasteiger partial charge in [0.15, 0.2) is 5.78 Å². The fourth-order valence-electron chi connectivity index (χ4n) is 6.96. The largest absolute Gasteiger partial charge is 0.295 e. The molecule has 5 atom stereocenters. The Balaban J connectivity index is 1.67. The van der Waals surface area contributed by atoms with Crippen molar-refractivity contribution in [1.29, 1.82) is 0 Å². The third kappa shape index (κ3) is 2.63. The van der Waals surface area contributed by atoms with Gasteiger partial charge in [0.25, 0.3) is 0 Å². The second kappa shape index (κ2) is 6.73. The van der Waals surface area contributed by atoms with Gasteiger partial charge in [-0.2, -0.15) is 0 Å². The lowest BCUT2D eigenvalue weighted by Gasteiger charge is -2.52. The highest BCUT2D eigenvalue weighted by atomic mass is 16.1. The second-order valence-corrected chi connectivity index (χ2v) is 9.39. The third-order valence-corrected chi connectivity index (χ3v) is 8.16. The summed E-state index contributed by atoms with van der Waals surface area (Å²) in [7, 11) is 0. The first-order valence-electron chi connectivity index (χ1n) is 10.9. The third-order valence-electron chi connectivity index (χ3n) is 8.16. The maximum absolute atomic E-state index is 12.1. The standard InChI is InChI=1S/C26H29NO/c1-3-4-19-6-10-24-22-8-5-18-15-20(28)7-9-21(18)25(22)23(16-26(19,24)2)17-11-13-27-14-12-17/h11-15,19,22-24H,5-10,16H2,1-2H3/t19-,22+,23+,24+,26-/m1/s1. The van der Waals surface area contributed by atoms with Crippen LogP contribution in [0.2, 0.25) is 0 Å². The molecular weight excluding hydrogens is 342 g/mol. The Labute approximate surface area is 168 Å². The molecule has 1 aromatic heterocycles. The van der Waals surface area contributed by atoms with Crippen LogP contribution in [0.3, 0.4) is 0 Å². The molecule has 0 saturated heterocycles. The normalized spacial score (nSPS) is 36.6. The van der Waals surface area contributed by atoms with E-state index in [-0.39, 0.29) is 5.41 Å². The number of fused-ring (bicyclic) bond motifs is 4. The summed E-state index contributed by atoms with van der Waals surface area (Å²) in [6.07, 6.45) is 13.5. The Morgan fingerprint density at radius 2 is 1.93 bits per heavy atom. The number of hydrogen-bond acceptors (Lipinski definition) is 2. The van der Waals surface area contributed by atoms with E-state index in [2.05, 4.69) is 35.9 Å². The molecule has 1 heterocycles. The molecule has 2 nitrogen and oxygen atoms in total. The molecule has 2 fully saturated rings. The first-order chi connectivity index (χ1) is 13.6. The molecule has 0 aliphatic heterocycles. The summed E-state index contributed by atoms with van der Waals surface area (Å²) < 4.78 is 0. The molecule has 0 unspecified atom stereocenters. The summed E-state index contributed by atoms with van der Waals surface area (Å²) in [5.41, 5.74) is 6.23. The maximum Gasteiger partial charge on any atom is 0.156 e. The smallest absolute Gasteiger partial charge is 0.156 e. The number of carbonyl (C=O) groups is 1. The van der Waals surface area contributed by atoms with Gasteiger partial charge in [0.2, 0.25) is 0 Å². The van der Waals surface area contributed by atoms with Gasteiger partial charge in [0.1, 0.15) is 0 Å². The van der Waals surface area contributed by atoms with Crippen LogP contribution in [0.4, 0.5) is 0 Å². The quantitative estimate of drug-likeness (QED) is 0.600. The Bertz CT molecular complexity index is 928. The maximum atomic E-state index is 12.1. The molecule has 4 aliphatic rings. The first-order valence-corrected chi connectivity index (χ1v) is 10.9. The number of carbonyl (C=O) groups excluding carboxylic acids is 1. The molecule has 0 aromatic carbocycles. The average Bonchev–Trinajstić information content (AvgIpc) is 3.04. The van der Waals surface area contributed by atoms with E-state index in [0.717, 1.165) is 18.8 Å². The zero-order valence-corrected chi connectivity index (χ0v) is 17.0. The van der Waals surface area contributed by atoms with E-state index in [4.69, 9.17) is 0 Å². The van der Waals surface area contributed by atoms with Gasteiger partial charge in [-0.05, 0) is 97.6 Å². The van der Waals surface area contributed by atoms with Crippen molar-refractivity contribution in [2.24, 2.45) is 23.2 Å². The first kappa shape index (κ1) is 17.9. The molecule has 0 bridgehead atoms. The summed E-state index contributed by atoms with van der Waals surface area (Å²) in [4.78, 5) is 16.3. The van der Waals surface area contributed by atoms with Crippen molar-refractivity contribution in [3.8, 4) is 11.8 Å². The predicted octanol–water partition coefficient (Wildman–Crippen LogP) is 5.62. The molecule has 28 heavy (non-hydrogen) atoms. The van der Waals surface area contributed by atoms with E-state index in [9.17, 15) is 4.79 Å². The summed E-state index contributed by atoms with van der Waals surface area (Å²) >= 11 is 0. The van der Waals surface area contributed by atoms with Crippen molar-refractivity contribution in [1.82, 2.24) is 4.98 Å². The van der Waals surface area contributed by atoms with Gasteiger partial charge in [-0.15, -0.1) is 5.92 Å². The van der Waals surface area contributed by atoms with Crippen LogP contribution >= 0.6 is 0 Å². The van der Waals surface area contributed by atoms with Crippen molar-refractivity contribution in [3.05, 3.63) is 52.9 Å². The highest BCUT2D eigenvalue weighted by molar-refractivity contribution is 5.93. The van der Waals surface area contributed by atoms with Gasteiger partial charge >= 0.3 is 0 Å². The lowest BCUT2D eigenvalue weighted by molar-refractivity contribution is -0.114. The van der Waals surface area contributed by atoms with E-state index in [1.807, 2.05) is 25.4 Å². The van der Waals surface area contributed by atoms with Crippen LogP contribution in [-0.4, -0.2) is 10.8 Å². The van der Waals surface area contributed by atoms with Crippen molar-refractivity contribution >= 4 is 5.78 Å². The van der Waals surface area contributed by atoms with E-state index >= 15 is 0 Å². The fraction of sp³-hybridized carbons (Fsp3) is 0.538. The van der Waals surface area contributed by atoms with Crippen molar-refractivity contribution in [2.75, 3.05) is 0 Å². The number of pyridine rings is 1. The monoisotopic (exact) mass is 371 g/mol. The molecule has 2 heteroatoms. The number of nitrogens with zero attached hydrogens (tertiary/aromatic N) is 1. The second-order valence-electron chi connectivity index (χ2n) is 9.39. The van der Waals surface area contributed by atoms with Crippen LogP contribution in [-0.2, 0) is 4.79 Å². The Hall–Kier alpha value is -2.14. The Kier molecular flexibility index (Phi) is 4.31. The Morgan fingerprint density at radius 3 is 2.71 bits per heavy atom. The predicted molar refractivity (Wildman–Crippen MR) is 111 cm³/mol. The van der Waals surface area contributed by atoms with Crippen LogP contribution in [0.15, 0.2) is 47.3 Å². The summed E-state index contributed by atoms with van der Waals surface area (Å²) in [5.74, 6) is 9.47. The fourth-order valence-corrected chi connectivity index (χ4v) is 6.96. The minimum Gasteiger partial charge on any atom is -0.295 e. The molecule has 0 N–H and O–H groups in total. The van der Waals surface area contributed by atoms with E-state index in [1.54, 1.807) is 5.57 Å². The minimum absolute atomic E-state index is 0.289. The molecule has 0 radical (unpaired) electrons. The molecule has 0 spiro atoms. The van der Waals surface area contributed by atoms with Gasteiger partial charge < -0.3 is 0 Å². The van der Waals surface area contributed by atoms with Crippen LogP contribution < -0.4 is 0 Å². The van der Waals surface area contributed by atoms with Crippen molar-refractivity contribution in [3.63, 3.8) is 0 Å². The van der Waals surface area contributed by atoms with Gasteiger partial charge in [0, 0.05) is 30.7 Å². The lowest BCUT2D eigenvalue weighted by atomic mass is 9.52. The number of hydrogen-bond donors (Lipinski definition) is 0. The summed E-state index contributed by atoms with van der Waals surface area (Å²) in [5, 5.41) is 0. The highest BCUT2D eigenvalue weighted by Gasteiger charge is 2.56. The number of allylic oxidation sites excluding steroid dienone is 4. The summed E-state index contributed by atoms with van der Waals surface area (Å²) in [6.45, 7) is 4.51. The molecule has 2 saturated carbocycles. The number of rotatable bonds is 1. The van der Waals surface area contributed by atoms with Gasteiger partial charge in [-0.3, -0.25) is 9.78 Å². The molecule has 1 aromatic rings. The van der Waals surface area contributed by atoms with Crippen LogP contribution in [0.5, 0.6) is 0 Å². The average molecular weight is 372 g/mol. The molecule has 144 valence electrons. The van der Waals surface area contributed by atoms with Crippen LogP contribution in [0, 0.1) is 35.0 Å². The van der Waals surface area contributed by atoms with Crippen molar-refractivity contribution < 1.29 is 4.79 Å². The van der Waals surface area contributed by atoms with Crippen molar-refractivity contribution in [2.45, 2.75) is 64.7 Å². The minimum atomic E-state index is 0.289. The molecule has 0 amide bonds. The Morgan fingerprint density at radius 1 is 1.11 bits per heavy atom. The summed E-state index contributed by atoms with van der Waals surface area (Å²) in [6, 6.07) is 4.42. The van der Waals surface area contributed by atoms with Gasteiger partial charge in [-0.1, -0.05) is 18.4 Å². The lowest BCUT2D eigenvalue weighted by Crippen LogP contribution is -2.43.